The fraction of sp³-hybridized carbons (Fsp3) is 0.517. The molecule has 1 heterocycles. The molecule has 0 spiro atoms. The van der Waals surface area contributed by atoms with E-state index in [1.165, 1.54) is 0 Å². The first kappa shape index (κ1) is 31.4. The zero-order valence-corrected chi connectivity index (χ0v) is 25.4. The van der Waals surface area contributed by atoms with Crippen LogP contribution in [0, 0.1) is 17.1 Å². The maximum atomic E-state index is 15.4. The molecule has 9 heteroatoms. The molecule has 1 aliphatic rings. The second kappa shape index (κ2) is 12.8. The van der Waals surface area contributed by atoms with Crippen LogP contribution in [0.25, 0.3) is 0 Å². The van der Waals surface area contributed by atoms with Gasteiger partial charge in [-0.2, -0.15) is 0 Å². The van der Waals surface area contributed by atoms with Crippen molar-refractivity contribution in [1.29, 1.82) is 5.41 Å². The van der Waals surface area contributed by atoms with E-state index >= 15 is 4.39 Å². The quantitative estimate of drug-likeness (QED) is 0.286. The van der Waals surface area contributed by atoms with Gasteiger partial charge in [-0.1, -0.05) is 34.6 Å². The Balaban J connectivity index is 0.00000507. The van der Waals surface area contributed by atoms with Crippen LogP contribution in [0.1, 0.15) is 75.5 Å². The maximum absolute atomic E-state index is 15.4. The van der Waals surface area contributed by atoms with Gasteiger partial charge < -0.3 is 24.4 Å². The van der Waals surface area contributed by atoms with Crippen LogP contribution in [0.15, 0.2) is 18.2 Å². The number of rotatable bonds is 11. The Bertz CT molecular complexity index is 1180. The number of halogens is 2. The van der Waals surface area contributed by atoms with Crippen molar-refractivity contribution in [1.82, 2.24) is 4.90 Å². The third-order valence-corrected chi connectivity index (χ3v) is 6.23. The number of amidine groups is 1. The zero-order valence-electron chi connectivity index (χ0n) is 23.7. The first-order valence-corrected chi connectivity index (χ1v) is 12.9. The minimum atomic E-state index is -0.623. The lowest BCUT2D eigenvalue weighted by atomic mass is 9.84. The number of hydrogen-bond acceptors (Lipinski definition) is 6. The predicted molar refractivity (Wildman–Crippen MR) is 156 cm³/mol. The van der Waals surface area contributed by atoms with Crippen LogP contribution in [0.5, 0.6) is 17.2 Å². The number of ketones is 1. The van der Waals surface area contributed by atoms with Crippen molar-refractivity contribution >= 4 is 34.3 Å². The molecular weight excluding hydrogens is 553 g/mol. The summed E-state index contributed by atoms with van der Waals surface area (Å²) < 4.78 is 32.3. The van der Waals surface area contributed by atoms with Crippen molar-refractivity contribution in [3.63, 3.8) is 0 Å². The van der Waals surface area contributed by atoms with Crippen molar-refractivity contribution in [3.8, 4) is 17.2 Å². The zero-order chi connectivity index (χ0) is 27.5. The fourth-order valence-electron chi connectivity index (χ4n) is 4.44. The highest BCUT2D eigenvalue weighted by Crippen LogP contribution is 2.40. The second-order valence-electron chi connectivity index (χ2n) is 10.7. The normalized spacial score (nSPS) is 12.8. The van der Waals surface area contributed by atoms with Crippen LogP contribution < -0.4 is 19.5 Å². The molecule has 2 aromatic carbocycles. The van der Waals surface area contributed by atoms with Crippen molar-refractivity contribution in [2.45, 2.75) is 60.4 Å². The number of benzene rings is 2. The van der Waals surface area contributed by atoms with E-state index in [0.29, 0.717) is 29.4 Å². The van der Waals surface area contributed by atoms with E-state index in [1.54, 1.807) is 25.0 Å². The first-order valence-electron chi connectivity index (χ1n) is 12.9. The number of hydrogen-bond donors (Lipinski definition) is 2. The lowest BCUT2D eigenvalue weighted by molar-refractivity contribution is 0.0962. The summed E-state index contributed by atoms with van der Waals surface area (Å²) in [6, 6.07) is 5.40. The number of methoxy groups -OCH3 is 1. The van der Waals surface area contributed by atoms with Crippen LogP contribution in [-0.4, -0.2) is 49.9 Å². The monoisotopic (exact) mass is 593 g/mol. The van der Waals surface area contributed by atoms with Crippen LogP contribution in [-0.2, 0) is 12.0 Å². The van der Waals surface area contributed by atoms with Crippen molar-refractivity contribution in [2.75, 3.05) is 38.7 Å². The Morgan fingerprint density at radius 2 is 1.79 bits per heavy atom. The van der Waals surface area contributed by atoms with Gasteiger partial charge in [0.1, 0.15) is 11.6 Å². The Labute approximate surface area is 236 Å². The van der Waals surface area contributed by atoms with E-state index in [9.17, 15) is 4.79 Å². The number of carbonyl (C=O) groups is 1. The lowest BCUT2D eigenvalue weighted by Gasteiger charge is -2.26. The molecule has 0 aromatic heterocycles. The molecule has 0 unspecified atom stereocenters. The van der Waals surface area contributed by atoms with Gasteiger partial charge in [-0.05, 0) is 48.9 Å². The number of ether oxygens (including phenoxy) is 3. The highest BCUT2D eigenvalue weighted by molar-refractivity contribution is 8.93. The fourth-order valence-corrected chi connectivity index (χ4v) is 4.44. The second-order valence-corrected chi connectivity index (χ2v) is 10.7. The molecule has 38 heavy (non-hydrogen) atoms. The van der Waals surface area contributed by atoms with E-state index in [4.69, 9.17) is 19.6 Å². The number of carbonyl (C=O) groups excluding carboxylic acids is 1. The van der Waals surface area contributed by atoms with Crippen LogP contribution >= 0.6 is 17.0 Å². The summed E-state index contributed by atoms with van der Waals surface area (Å²) in [5, 5.41) is 12.1. The first-order chi connectivity index (χ1) is 17.4. The molecule has 2 N–H and O–H groups in total. The highest BCUT2D eigenvalue weighted by atomic mass is 79.9. The van der Waals surface area contributed by atoms with Crippen molar-refractivity contribution in [3.05, 3.63) is 46.3 Å². The maximum Gasteiger partial charge on any atom is 0.197 e. The molecule has 0 aliphatic carbocycles. The van der Waals surface area contributed by atoms with Crippen LogP contribution in [0.2, 0.25) is 0 Å². The topological polar surface area (TPSA) is 83.9 Å². The summed E-state index contributed by atoms with van der Waals surface area (Å²) in [4.78, 5) is 15.1. The summed E-state index contributed by atoms with van der Waals surface area (Å²) >= 11 is 0. The Kier molecular flexibility index (Phi) is 10.6. The third-order valence-electron chi connectivity index (χ3n) is 6.23. The van der Waals surface area contributed by atoms with Crippen LogP contribution in [0.3, 0.4) is 0 Å². The summed E-state index contributed by atoms with van der Waals surface area (Å²) in [6.07, 6.45) is 0. The number of anilines is 1. The molecule has 1 aliphatic heterocycles. The Morgan fingerprint density at radius 1 is 1.13 bits per heavy atom. The molecule has 0 saturated heterocycles. The van der Waals surface area contributed by atoms with Gasteiger partial charge in [-0.25, -0.2) is 4.39 Å². The number of fused-ring (bicyclic) bond motifs is 1. The smallest absolute Gasteiger partial charge is 0.197 e. The molecule has 2 aromatic rings. The van der Waals surface area contributed by atoms with E-state index in [0.717, 1.165) is 23.5 Å². The van der Waals surface area contributed by atoms with Gasteiger partial charge in [0.15, 0.2) is 23.1 Å². The molecule has 0 fully saturated rings. The van der Waals surface area contributed by atoms with Gasteiger partial charge in [0.25, 0.3) is 0 Å². The minimum absolute atomic E-state index is 0. The van der Waals surface area contributed by atoms with Crippen molar-refractivity contribution < 1.29 is 23.4 Å². The minimum Gasteiger partial charge on any atom is -0.494 e. The molecule has 0 bridgehead atoms. The molecule has 7 nitrogen and oxygen atoms in total. The van der Waals surface area contributed by atoms with Gasteiger partial charge in [0, 0.05) is 24.2 Å². The predicted octanol–water partition coefficient (Wildman–Crippen LogP) is 6.60. The highest BCUT2D eigenvalue weighted by Gasteiger charge is 2.33. The van der Waals surface area contributed by atoms with E-state index in [2.05, 4.69) is 39.9 Å². The largest absolute Gasteiger partial charge is 0.494 e. The molecule has 0 radical (unpaired) electrons. The van der Waals surface area contributed by atoms with Gasteiger partial charge in [0.05, 0.1) is 38.1 Å². The van der Waals surface area contributed by atoms with Gasteiger partial charge in [0.2, 0.25) is 0 Å². The number of nitrogens with one attached hydrogen (secondary N) is 2. The van der Waals surface area contributed by atoms with Gasteiger partial charge >= 0.3 is 0 Å². The third kappa shape index (κ3) is 6.60. The lowest BCUT2D eigenvalue weighted by Crippen LogP contribution is -2.31. The SMILES string of the molecule is Br.CCOc1cc2c(c(F)c1OCC)C(=N)N(CC(=O)c1cc(NCC(C)C)c(OC)c(C(C)(C)C)c1)C2. The summed E-state index contributed by atoms with van der Waals surface area (Å²) in [6.45, 7) is 15.6. The average Bonchev–Trinajstić information content (AvgIpc) is 3.13. The number of nitrogens with zero attached hydrogens (tertiary/aromatic N) is 1. The molecule has 3 rings (SSSR count). The van der Waals surface area contributed by atoms with Gasteiger partial charge in [-0.15, -0.1) is 17.0 Å². The van der Waals surface area contributed by atoms with E-state index in [1.807, 2.05) is 19.1 Å². The summed E-state index contributed by atoms with van der Waals surface area (Å²) in [5.41, 5.74) is 2.70. The molecular formula is C29H41BrFN3O4. The molecule has 210 valence electrons. The van der Waals surface area contributed by atoms with Gasteiger partial charge in [-0.3, -0.25) is 10.2 Å². The molecule has 0 amide bonds. The Hall–Kier alpha value is -2.81. The van der Waals surface area contributed by atoms with E-state index in [-0.39, 0.29) is 65.0 Å². The van der Waals surface area contributed by atoms with E-state index < -0.39 is 5.82 Å². The average molecular weight is 595 g/mol. The van der Waals surface area contributed by atoms with Crippen LogP contribution in [0.4, 0.5) is 10.1 Å². The molecule has 0 atom stereocenters. The Morgan fingerprint density at radius 3 is 2.34 bits per heavy atom. The summed E-state index contributed by atoms with van der Waals surface area (Å²) in [5.74, 6) is 0.631. The standard InChI is InChI=1S/C29H40FN3O4.BrH/c1-9-36-23-13-19-15-33(28(31)24(19)25(30)27(23)37-10-2)16-22(34)18-11-20(29(5,6)7)26(35-8)21(12-18)32-14-17(3)4;/h11-13,17,31-32H,9-10,14-16H2,1-8H3;1H. The number of Topliss-reactive ketones (excluding diaryl/α,β-unsaturated/α-hetero) is 1. The summed E-state index contributed by atoms with van der Waals surface area (Å²) in [7, 11) is 1.64. The van der Waals surface area contributed by atoms with Crippen molar-refractivity contribution in [2.24, 2.45) is 5.92 Å². The molecule has 0 saturated carbocycles.